The van der Waals surface area contributed by atoms with Gasteiger partial charge in [-0.05, 0) is 13.3 Å². The molecule has 1 unspecified atom stereocenters. The molecule has 0 rings (SSSR count). The molecule has 0 saturated carbocycles. The van der Waals surface area contributed by atoms with Gasteiger partial charge in [-0.2, -0.15) is 0 Å². The van der Waals surface area contributed by atoms with Crippen molar-refractivity contribution in [3.8, 4) is 0 Å². The van der Waals surface area contributed by atoms with Crippen molar-refractivity contribution in [1.29, 1.82) is 0 Å². The topological polar surface area (TPSA) is 87.7 Å². The zero-order valence-corrected chi connectivity index (χ0v) is 9.33. The molecule has 0 aromatic carbocycles. The minimum Gasteiger partial charge on any atom is -0.480 e. The van der Waals surface area contributed by atoms with Gasteiger partial charge in [0.15, 0.2) is 0 Å². The van der Waals surface area contributed by atoms with Crippen LogP contribution in [0.2, 0.25) is 0 Å². The number of hydrogen-bond donors (Lipinski definition) is 3. The largest absolute Gasteiger partial charge is 0.480 e. The summed E-state index contributed by atoms with van der Waals surface area (Å²) >= 11 is 0. The number of alkyl halides is 2. The van der Waals surface area contributed by atoms with Crippen LogP contribution in [0.3, 0.4) is 0 Å². The number of aliphatic carboxylic acids is 1. The van der Waals surface area contributed by atoms with Gasteiger partial charge in [0.05, 0.1) is 12.4 Å². The predicted octanol–water partition coefficient (Wildman–Crippen LogP) is 0.452. The van der Waals surface area contributed by atoms with Gasteiger partial charge in [-0.3, -0.25) is 9.79 Å². The summed E-state index contributed by atoms with van der Waals surface area (Å²) in [4.78, 5) is 14.0. The van der Waals surface area contributed by atoms with E-state index < -0.39 is 30.9 Å². The normalized spacial score (nSPS) is 14.7. The minimum atomic E-state index is -2.99. The van der Waals surface area contributed by atoms with Crippen LogP contribution in [0.25, 0.3) is 0 Å². The molecule has 0 aromatic heterocycles. The maximum Gasteiger partial charge on any atom is 0.320 e. The number of carboxylic acid groups (broad SMARTS) is 1. The second-order valence-corrected chi connectivity index (χ2v) is 3.50. The van der Waals surface area contributed by atoms with Gasteiger partial charge in [0.25, 0.3) is 5.92 Å². The Morgan fingerprint density at radius 2 is 2.19 bits per heavy atom. The van der Waals surface area contributed by atoms with Crippen molar-refractivity contribution in [1.82, 2.24) is 5.32 Å². The molecule has 0 aliphatic rings. The summed E-state index contributed by atoms with van der Waals surface area (Å²) in [5, 5.41) is 10.9. The zero-order valence-electron chi connectivity index (χ0n) is 9.33. The SMILES string of the molecule is CN=C(C)NCC(F)(F)CCC(N)C(=O)O. The fraction of sp³-hybridized carbons (Fsp3) is 0.778. The van der Waals surface area contributed by atoms with Gasteiger partial charge in [0, 0.05) is 13.5 Å². The van der Waals surface area contributed by atoms with Crippen LogP contribution in [0, 0.1) is 0 Å². The number of halogens is 2. The van der Waals surface area contributed by atoms with E-state index in [0.29, 0.717) is 5.84 Å². The Morgan fingerprint density at radius 3 is 2.62 bits per heavy atom. The fourth-order valence-corrected chi connectivity index (χ4v) is 0.915. The monoisotopic (exact) mass is 237 g/mol. The number of rotatable bonds is 6. The van der Waals surface area contributed by atoms with Crippen LogP contribution in [-0.4, -0.2) is 42.5 Å². The third-order valence-corrected chi connectivity index (χ3v) is 2.08. The van der Waals surface area contributed by atoms with Crippen molar-refractivity contribution in [3.63, 3.8) is 0 Å². The van der Waals surface area contributed by atoms with Crippen LogP contribution in [0.4, 0.5) is 8.78 Å². The Balaban J connectivity index is 4.00. The molecule has 0 amide bonds. The number of nitrogens with two attached hydrogens (primary N) is 1. The Hall–Kier alpha value is -1.24. The van der Waals surface area contributed by atoms with Gasteiger partial charge >= 0.3 is 5.97 Å². The van der Waals surface area contributed by atoms with E-state index >= 15 is 0 Å². The summed E-state index contributed by atoms with van der Waals surface area (Å²) in [6, 6.07) is -1.24. The quantitative estimate of drug-likeness (QED) is 0.462. The van der Waals surface area contributed by atoms with Gasteiger partial charge in [-0.1, -0.05) is 0 Å². The van der Waals surface area contributed by atoms with Crippen molar-refractivity contribution in [2.75, 3.05) is 13.6 Å². The molecular formula is C9H17F2N3O2. The molecule has 0 fully saturated rings. The highest BCUT2D eigenvalue weighted by Gasteiger charge is 2.30. The van der Waals surface area contributed by atoms with Crippen LogP contribution in [0.15, 0.2) is 4.99 Å². The lowest BCUT2D eigenvalue weighted by molar-refractivity contribution is -0.139. The Morgan fingerprint density at radius 1 is 1.62 bits per heavy atom. The van der Waals surface area contributed by atoms with Crippen molar-refractivity contribution in [2.45, 2.75) is 31.7 Å². The van der Waals surface area contributed by atoms with Crippen LogP contribution in [-0.2, 0) is 4.79 Å². The second kappa shape index (κ2) is 6.37. The molecule has 0 bridgehead atoms. The standard InChI is InChI=1S/C9H17F2N3O2/c1-6(13-2)14-5-9(10,11)4-3-7(12)8(15)16/h7H,3-5,12H2,1-2H3,(H,13,14)(H,15,16). The van der Waals surface area contributed by atoms with Crippen molar-refractivity contribution in [2.24, 2.45) is 10.7 Å². The lowest BCUT2D eigenvalue weighted by Gasteiger charge is -2.18. The maximum absolute atomic E-state index is 13.2. The summed E-state index contributed by atoms with van der Waals surface area (Å²) in [5.74, 6) is -3.85. The molecule has 4 N–H and O–H groups in total. The van der Waals surface area contributed by atoms with Crippen LogP contribution in [0.5, 0.6) is 0 Å². The van der Waals surface area contributed by atoms with Gasteiger partial charge in [0.2, 0.25) is 0 Å². The number of nitrogens with zero attached hydrogens (tertiary/aromatic N) is 1. The van der Waals surface area contributed by atoms with E-state index in [0.717, 1.165) is 0 Å². The first kappa shape index (κ1) is 14.8. The Labute approximate surface area is 92.7 Å². The average Bonchev–Trinajstić information content (AvgIpc) is 2.22. The number of nitrogens with one attached hydrogen (secondary N) is 1. The molecule has 16 heavy (non-hydrogen) atoms. The van der Waals surface area contributed by atoms with Crippen LogP contribution >= 0.6 is 0 Å². The highest BCUT2D eigenvalue weighted by molar-refractivity contribution is 5.79. The lowest BCUT2D eigenvalue weighted by Crippen LogP contribution is -2.38. The van der Waals surface area contributed by atoms with Crippen molar-refractivity contribution in [3.05, 3.63) is 0 Å². The molecule has 94 valence electrons. The molecule has 5 nitrogen and oxygen atoms in total. The molecule has 0 radical (unpaired) electrons. The molecular weight excluding hydrogens is 220 g/mol. The van der Waals surface area contributed by atoms with Gasteiger partial charge in [0.1, 0.15) is 6.04 Å². The average molecular weight is 237 g/mol. The first-order valence-corrected chi connectivity index (χ1v) is 4.82. The Kier molecular flexibility index (Phi) is 5.87. The number of aliphatic imine (C=N–C) groups is 1. The number of hydrogen-bond acceptors (Lipinski definition) is 3. The molecule has 0 spiro atoms. The molecule has 0 aliphatic carbocycles. The van der Waals surface area contributed by atoms with E-state index in [1.165, 1.54) is 7.05 Å². The molecule has 1 atom stereocenters. The maximum atomic E-state index is 13.2. The van der Waals surface area contributed by atoms with E-state index in [1.807, 2.05) is 0 Å². The lowest BCUT2D eigenvalue weighted by atomic mass is 10.1. The smallest absolute Gasteiger partial charge is 0.320 e. The summed E-state index contributed by atoms with van der Waals surface area (Å²) in [7, 11) is 1.49. The van der Waals surface area contributed by atoms with E-state index in [9.17, 15) is 13.6 Å². The number of carboxylic acids is 1. The fourth-order valence-electron chi connectivity index (χ4n) is 0.915. The van der Waals surface area contributed by atoms with Gasteiger partial charge in [-0.25, -0.2) is 8.78 Å². The predicted molar refractivity (Wildman–Crippen MR) is 56.8 cm³/mol. The number of carbonyl (C=O) groups is 1. The summed E-state index contributed by atoms with van der Waals surface area (Å²) in [6.45, 7) is 1.00. The van der Waals surface area contributed by atoms with E-state index in [-0.39, 0.29) is 6.42 Å². The molecule has 0 heterocycles. The third kappa shape index (κ3) is 6.28. The molecule has 0 saturated heterocycles. The zero-order chi connectivity index (χ0) is 12.8. The van der Waals surface area contributed by atoms with Gasteiger partial charge in [-0.15, -0.1) is 0 Å². The first-order chi connectivity index (χ1) is 7.28. The molecule has 7 heteroatoms. The van der Waals surface area contributed by atoms with Gasteiger partial charge < -0.3 is 16.2 Å². The summed E-state index contributed by atoms with van der Waals surface area (Å²) in [6.07, 6.45) is -0.823. The van der Waals surface area contributed by atoms with Crippen LogP contribution < -0.4 is 11.1 Å². The summed E-state index contributed by atoms with van der Waals surface area (Å²) < 4.78 is 26.4. The highest BCUT2D eigenvalue weighted by atomic mass is 19.3. The highest BCUT2D eigenvalue weighted by Crippen LogP contribution is 2.19. The molecule has 0 aliphatic heterocycles. The van der Waals surface area contributed by atoms with Crippen molar-refractivity contribution >= 4 is 11.8 Å². The van der Waals surface area contributed by atoms with E-state index in [2.05, 4.69) is 10.3 Å². The minimum absolute atomic E-state index is 0.258. The van der Waals surface area contributed by atoms with Crippen molar-refractivity contribution < 1.29 is 18.7 Å². The number of amidine groups is 1. The Bertz CT molecular complexity index is 269. The first-order valence-electron chi connectivity index (χ1n) is 4.82. The second-order valence-electron chi connectivity index (χ2n) is 3.50. The van der Waals surface area contributed by atoms with E-state index in [4.69, 9.17) is 10.8 Å². The summed E-state index contributed by atoms with van der Waals surface area (Å²) in [5.41, 5.74) is 5.13. The van der Waals surface area contributed by atoms with Crippen LogP contribution in [0.1, 0.15) is 19.8 Å². The molecule has 0 aromatic rings. The van der Waals surface area contributed by atoms with E-state index in [1.54, 1.807) is 6.92 Å². The third-order valence-electron chi connectivity index (χ3n) is 2.08.